The second-order valence-corrected chi connectivity index (χ2v) is 6.10. The zero-order valence-corrected chi connectivity index (χ0v) is 13.5. The van der Waals surface area contributed by atoms with Crippen molar-refractivity contribution in [2.75, 3.05) is 26.7 Å². The van der Waals surface area contributed by atoms with E-state index in [-0.39, 0.29) is 19.1 Å². The zero-order chi connectivity index (χ0) is 16.3. The van der Waals surface area contributed by atoms with Gasteiger partial charge in [0.05, 0.1) is 12.2 Å². The van der Waals surface area contributed by atoms with Crippen LogP contribution in [0.4, 0.5) is 4.39 Å². The van der Waals surface area contributed by atoms with Gasteiger partial charge < -0.3 is 15.2 Å². The quantitative estimate of drug-likeness (QED) is 0.809. The molecule has 22 heavy (non-hydrogen) atoms. The maximum atomic E-state index is 13.6. The number of primary amides is 1. The van der Waals surface area contributed by atoms with Gasteiger partial charge in [-0.2, -0.15) is 0 Å². The van der Waals surface area contributed by atoms with E-state index in [1.165, 1.54) is 0 Å². The largest absolute Gasteiger partial charge is 0.369 e. The molecular weight excluding hydrogens is 287 g/mol. The van der Waals surface area contributed by atoms with Crippen molar-refractivity contribution in [3.05, 3.63) is 17.0 Å². The zero-order valence-electron chi connectivity index (χ0n) is 13.5. The molecule has 7 heteroatoms. The Hall–Kier alpha value is -1.47. The van der Waals surface area contributed by atoms with Crippen LogP contribution in [0.2, 0.25) is 0 Å². The van der Waals surface area contributed by atoms with Gasteiger partial charge in [-0.05, 0) is 26.8 Å². The lowest BCUT2D eigenvalue weighted by Crippen LogP contribution is -2.42. The maximum absolute atomic E-state index is 13.6. The Labute approximate surface area is 130 Å². The molecule has 2 N–H and O–H groups in total. The normalized spacial score (nSPS) is 22.6. The molecule has 1 aromatic heterocycles. The Kier molecular flexibility index (Phi) is 5.52. The lowest BCUT2D eigenvalue weighted by atomic mass is 10.1. The summed E-state index contributed by atoms with van der Waals surface area (Å²) in [6.45, 7) is 5.74. The maximum Gasteiger partial charge on any atom is 0.231 e. The third-order valence-corrected chi connectivity index (χ3v) is 4.19. The number of hydrogen-bond acceptors (Lipinski definition) is 5. The van der Waals surface area contributed by atoms with Crippen LogP contribution in [0.5, 0.6) is 0 Å². The molecule has 1 aliphatic heterocycles. The van der Waals surface area contributed by atoms with E-state index in [2.05, 4.69) is 10.1 Å². The molecule has 1 amide bonds. The van der Waals surface area contributed by atoms with E-state index in [1.807, 2.05) is 25.8 Å². The number of carbonyl (C=O) groups excluding carboxylic acids is 1. The molecular formula is C15H25FN4O2. The number of nitrogens with two attached hydrogens (primary N) is 1. The second-order valence-electron chi connectivity index (χ2n) is 6.10. The van der Waals surface area contributed by atoms with Gasteiger partial charge in [-0.25, -0.2) is 4.39 Å². The van der Waals surface area contributed by atoms with Crippen molar-refractivity contribution in [3.63, 3.8) is 0 Å². The first kappa shape index (κ1) is 16.9. The number of aryl methyl sites for hydroxylation is 2. The predicted octanol–water partition coefficient (Wildman–Crippen LogP) is 0.875. The van der Waals surface area contributed by atoms with Crippen LogP contribution in [0.1, 0.15) is 30.4 Å². The summed E-state index contributed by atoms with van der Waals surface area (Å²) in [6.07, 6.45) is 0.381. The molecule has 0 unspecified atom stereocenters. The van der Waals surface area contributed by atoms with Crippen molar-refractivity contribution >= 4 is 5.91 Å². The van der Waals surface area contributed by atoms with Crippen LogP contribution >= 0.6 is 0 Å². The topological polar surface area (TPSA) is 75.6 Å². The highest BCUT2D eigenvalue weighted by molar-refractivity contribution is 5.76. The van der Waals surface area contributed by atoms with E-state index >= 15 is 0 Å². The molecule has 0 bridgehead atoms. The van der Waals surface area contributed by atoms with Crippen molar-refractivity contribution in [1.29, 1.82) is 0 Å². The number of carbonyl (C=O) groups is 1. The summed E-state index contributed by atoms with van der Waals surface area (Å²) in [5.41, 5.74) is 7.31. The van der Waals surface area contributed by atoms with E-state index in [1.54, 1.807) is 0 Å². The first-order chi connectivity index (χ1) is 10.4. The number of amides is 1. The van der Waals surface area contributed by atoms with Crippen LogP contribution in [0, 0.1) is 6.92 Å². The Balaban J connectivity index is 1.97. The van der Waals surface area contributed by atoms with E-state index in [9.17, 15) is 9.18 Å². The van der Waals surface area contributed by atoms with Crippen molar-refractivity contribution in [3.8, 4) is 0 Å². The number of hydrogen-bond donors (Lipinski definition) is 1. The second kappa shape index (κ2) is 7.19. The summed E-state index contributed by atoms with van der Waals surface area (Å²) in [5, 5.41) is 4.05. The van der Waals surface area contributed by atoms with Gasteiger partial charge in [0.15, 0.2) is 0 Å². The number of halogens is 1. The fourth-order valence-electron chi connectivity index (χ4n) is 3.12. The summed E-state index contributed by atoms with van der Waals surface area (Å²) in [5.74, 6) is 0.414. The molecule has 2 atom stereocenters. The highest BCUT2D eigenvalue weighted by Crippen LogP contribution is 2.22. The van der Waals surface area contributed by atoms with Gasteiger partial charge in [0.1, 0.15) is 11.9 Å². The van der Waals surface area contributed by atoms with Crippen molar-refractivity contribution < 1.29 is 13.7 Å². The average Bonchev–Trinajstić information content (AvgIpc) is 2.93. The van der Waals surface area contributed by atoms with E-state index in [0.29, 0.717) is 19.5 Å². The molecule has 0 radical (unpaired) electrons. The minimum Gasteiger partial charge on any atom is -0.369 e. The number of aromatic nitrogens is 1. The lowest BCUT2D eigenvalue weighted by molar-refractivity contribution is -0.119. The molecule has 1 aliphatic rings. The van der Waals surface area contributed by atoms with Crippen LogP contribution in [0.3, 0.4) is 0 Å². The summed E-state index contributed by atoms with van der Waals surface area (Å²) < 4.78 is 18.9. The van der Waals surface area contributed by atoms with E-state index in [4.69, 9.17) is 10.3 Å². The fraction of sp³-hybridized carbons (Fsp3) is 0.733. The molecule has 1 fully saturated rings. The smallest absolute Gasteiger partial charge is 0.231 e. The van der Waals surface area contributed by atoms with Gasteiger partial charge in [0, 0.05) is 31.2 Å². The number of nitrogens with zero attached hydrogens (tertiary/aromatic N) is 3. The minimum absolute atomic E-state index is 0.0118. The van der Waals surface area contributed by atoms with Gasteiger partial charge in [-0.3, -0.25) is 9.69 Å². The lowest BCUT2D eigenvalue weighted by Gasteiger charge is -2.27. The Morgan fingerprint density at radius 3 is 2.95 bits per heavy atom. The number of rotatable bonds is 7. The first-order valence-electron chi connectivity index (χ1n) is 7.69. The van der Waals surface area contributed by atoms with Gasteiger partial charge in [-0.1, -0.05) is 12.1 Å². The molecule has 2 heterocycles. The van der Waals surface area contributed by atoms with E-state index in [0.717, 1.165) is 23.4 Å². The van der Waals surface area contributed by atoms with Crippen molar-refractivity contribution in [2.45, 2.75) is 45.4 Å². The van der Waals surface area contributed by atoms with E-state index < -0.39 is 12.1 Å². The van der Waals surface area contributed by atoms with Crippen LogP contribution in [-0.4, -0.2) is 59.8 Å². The number of likely N-dealkylation sites (tertiary alicyclic amines) is 1. The molecule has 0 aromatic carbocycles. The molecule has 0 spiro atoms. The standard InChI is InChI=1S/C15H25FN4O2/c1-4-14-13(10(2)22-18-14)8-19(3)7-12-5-11(16)6-20(12)9-15(17)21/h11-12H,4-9H2,1-3H3,(H2,17,21)/t11-,12-/m0/s1. The molecule has 1 saturated heterocycles. The highest BCUT2D eigenvalue weighted by Gasteiger charge is 2.33. The summed E-state index contributed by atoms with van der Waals surface area (Å²) in [4.78, 5) is 15.1. The number of alkyl halides is 1. The minimum atomic E-state index is -0.888. The Morgan fingerprint density at radius 2 is 2.32 bits per heavy atom. The van der Waals surface area contributed by atoms with Crippen LogP contribution in [0.15, 0.2) is 4.52 Å². The molecule has 0 saturated carbocycles. The molecule has 124 valence electrons. The van der Waals surface area contributed by atoms with Gasteiger partial charge in [-0.15, -0.1) is 0 Å². The number of likely N-dealkylation sites (N-methyl/N-ethyl adjacent to an activating group) is 1. The SMILES string of the molecule is CCc1noc(C)c1CN(C)C[C@@H]1C[C@H](F)CN1CC(N)=O. The van der Waals surface area contributed by atoms with Gasteiger partial charge in [0.2, 0.25) is 5.91 Å². The van der Waals surface area contributed by atoms with Gasteiger partial charge in [0.25, 0.3) is 0 Å². The Bertz CT molecular complexity index is 520. The molecule has 2 rings (SSSR count). The molecule has 1 aromatic rings. The summed E-state index contributed by atoms with van der Waals surface area (Å²) in [7, 11) is 1.99. The fourth-order valence-corrected chi connectivity index (χ4v) is 3.12. The van der Waals surface area contributed by atoms with Crippen LogP contribution < -0.4 is 5.73 Å². The van der Waals surface area contributed by atoms with Crippen molar-refractivity contribution in [2.24, 2.45) is 5.73 Å². The summed E-state index contributed by atoms with van der Waals surface area (Å²) in [6, 6.07) is 0.0118. The van der Waals surface area contributed by atoms with Crippen LogP contribution in [0.25, 0.3) is 0 Å². The third-order valence-electron chi connectivity index (χ3n) is 4.19. The molecule has 0 aliphatic carbocycles. The van der Waals surface area contributed by atoms with Crippen molar-refractivity contribution in [1.82, 2.24) is 15.0 Å². The monoisotopic (exact) mass is 312 g/mol. The predicted molar refractivity (Wildman–Crippen MR) is 81.0 cm³/mol. The highest BCUT2D eigenvalue weighted by atomic mass is 19.1. The average molecular weight is 312 g/mol. The third kappa shape index (κ3) is 4.04. The van der Waals surface area contributed by atoms with Crippen LogP contribution in [-0.2, 0) is 17.8 Å². The molecule has 6 nitrogen and oxygen atoms in total. The first-order valence-corrected chi connectivity index (χ1v) is 7.69. The Morgan fingerprint density at radius 1 is 1.59 bits per heavy atom. The summed E-state index contributed by atoms with van der Waals surface area (Å²) >= 11 is 0. The van der Waals surface area contributed by atoms with Gasteiger partial charge >= 0.3 is 0 Å².